The number of methoxy groups -OCH3 is 3. The molecule has 3 N–H and O–H groups in total. The van der Waals surface area contributed by atoms with E-state index in [1.165, 1.54) is 14.0 Å². The molecule has 1 fully saturated rings. The molecule has 0 bridgehead atoms. The molecule has 11 nitrogen and oxygen atoms in total. The number of hydrogen-bond donors (Lipinski definition) is 3. The second-order valence-electron chi connectivity index (χ2n) is 11.4. The average Bonchev–Trinajstić information content (AvgIpc) is 3.05. The molecule has 11 heteroatoms. The number of carbonyl (C=O) groups excluding carboxylic acids is 2. The SMILES string of the molecule is COc1cc(N(CCC2CCN(C(CC(=O)O)c3ccc(OC)c(OC)c3)CC2)C(C)=O)ccc1NC(=O)Nc1ccccc1C. The topological polar surface area (TPSA) is 130 Å². The van der Waals surface area contributed by atoms with Gasteiger partial charge in [0, 0.05) is 37.0 Å². The molecule has 4 rings (SSSR count). The average molecular weight is 633 g/mol. The van der Waals surface area contributed by atoms with Gasteiger partial charge in [0.1, 0.15) is 5.75 Å². The maximum absolute atomic E-state index is 12.7. The minimum atomic E-state index is -0.859. The van der Waals surface area contributed by atoms with E-state index in [2.05, 4.69) is 15.5 Å². The van der Waals surface area contributed by atoms with Gasteiger partial charge in [0.15, 0.2) is 11.5 Å². The highest BCUT2D eigenvalue weighted by atomic mass is 16.5. The summed E-state index contributed by atoms with van der Waals surface area (Å²) in [6, 6.07) is 17.7. The van der Waals surface area contributed by atoms with Crippen molar-refractivity contribution in [3.63, 3.8) is 0 Å². The quantitative estimate of drug-likeness (QED) is 0.199. The van der Waals surface area contributed by atoms with Gasteiger partial charge in [0.25, 0.3) is 0 Å². The number of rotatable bonds is 13. The maximum Gasteiger partial charge on any atom is 0.323 e. The fraction of sp³-hybridized carbons (Fsp3) is 0.400. The van der Waals surface area contributed by atoms with Gasteiger partial charge in [-0.2, -0.15) is 0 Å². The van der Waals surface area contributed by atoms with Crippen molar-refractivity contribution in [3.8, 4) is 17.2 Å². The summed E-state index contributed by atoms with van der Waals surface area (Å²) in [5.74, 6) is 1.04. The van der Waals surface area contributed by atoms with E-state index >= 15 is 0 Å². The molecule has 0 saturated carbocycles. The first kappa shape index (κ1) is 34.1. The van der Waals surface area contributed by atoms with Crippen LogP contribution in [-0.2, 0) is 9.59 Å². The summed E-state index contributed by atoms with van der Waals surface area (Å²) < 4.78 is 16.4. The van der Waals surface area contributed by atoms with Gasteiger partial charge in [-0.15, -0.1) is 0 Å². The molecular weight excluding hydrogens is 588 g/mol. The summed E-state index contributed by atoms with van der Waals surface area (Å²) in [4.78, 5) is 41.2. The number of hydrogen-bond acceptors (Lipinski definition) is 7. The number of carbonyl (C=O) groups is 3. The summed E-state index contributed by atoms with van der Waals surface area (Å²) in [6.07, 6.45) is 2.56. The van der Waals surface area contributed by atoms with Crippen LogP contribution in [0.2, 0.25) is 0 Å². The van der Waals surface area contributed by atoms with Crippen LogP contribution in [0.4, 0.5) is 21.9 Å². The highest BCUT2D eigenvalue weighted by molar-refractivity contribution is 6.01. The number of ether oxygens (including phenoxy) is 3. The van der Waals surface area contributed by atoms with E-state index in [1.54, 1.807) is 37.3 Å². The summed E-state index contributed by atoms with van der Waals surface area (Å²) in [7, 11) is 4.66. The van der Waals surface area contributed by atoms with Crippen LogP contribution in [0, 0.1) is 12.8 Å². The molecule has 1 atom stereocenters. The van der Waals surface area contributed by atoms with Crippen LogP contribution in [0.3, 0.4) is 0 Å². The van der Waals surface area contributed by atoms with Crippen LogP contribution in [-0.4, -0.2) is 68.9 Å². The van der Waals surface area contributed by atoms with Crippen molar-refractivity contribution < 1.29 is 33.7 Å². The van der Waals surface area contributed by atoms with Crippen LogP contribution in [0.5, 0.6) is 17.2 Å². The molecule has 3 amide bonds. The Balaban J connectivity index is 1.37. The number of aliphatic carboxylic acids is 1. The zero-order valence-electron chi connectivity index (χ0n) is 27.2. The molecule has 0 spiro atoms. The van der Waals surface area contributed by atoms with Crippen LogP contribution in [0.15, 0.2) is 60.7 Å². The molecule has 0 aliphatic carbocycles. The molecule has 3 aromatic rings. The summed E-state index contributed by atoms with van der Waals surface area (Å²) >= 11 is 0. The monoisotopic (exact) mass is 632 g/mol. The normalized spacial score (nSPS) is 14.2. The molecule has 0 radical (unpaired) electrons. The lowest BCUT2D eigenvalue weighted by atomic mass is 9.90. The maximum atomic E-state index is 12.7. The molecule has 1 heterocycles. The molecule has 1 aliphatic rings. The number of carboxylic acids is 1. The number of urea groups is 1. The van der Waals surface area contributed by atoms with Crippen molar-refractivity contribution >= 4 is 35.0 Å². The molecule has 1 aliphatic heterocycles. The van der Waals surface area contributed by atoms with Gasteiger partial charge in [-0.1, -0.05) is 24.3 Å². The van der Waals surface area contributed by atoms with E-state index in [4.69, 9.17) is 14.2 Å². The minimum absolute atomic E-state index is 0.0154. The fourth-order valence-corrected chi connectivity index (χ4v) is 5.96. The smallest absolute Gasteiger partial charge is 0.323 e. The number of para-hydroxylation sites is 1. The second kappa shape index (κ2) is 16.0. The summed E-state index contributed by atoms with van der Waals surface area (Å²) in [5, 5.41) is 15.4. The number of piperidine rings is 1. The van der Waals surface area contributed by atoms with E-state index in [9.17, 15) is 19.5 Å². The van der Waals surface area contributed by atoms with Crippen molar-refractivity contribution in [2.45, 2.75) is 45.6 Å². The highest BCUT2D eigenvalue weighted by Crippen LogP contribution is 2.36. The van der Waals surface area contributed by atoms with Crippen molar-refractivity contribution in [1.29, 1.82) is 0 Å². The predicted molar refractivity (Wildman–Crippen MR) is 178 cm³/mol. The Kier molecular flexibility index (Phi) is 11.9. The summed E-state index contributed by atoms with van der Waals surface area (Å²) in [6.45, 7) is 5.47. The zero-order valence-corrected chi connectivity index (χ0v) is 27.2. The van der Waals surface area contributed by atoms with Crippen LogP contribution >= 0.6 is 0 Å². The van der Waals surface area contributed by atoms with Gasteiger partial charge >= 0.3 is 12.0 Å². The molecular formula is C35H44N4O7. The molecule has 46 heavy (non-hydrogen) atoms. The van der Waals surface area contributed by atoms with Gasteiger partial charge in [-0.05, 0) is 86.7 Å². The first-order valence-electron chi connectivity index (χ1n) is 15.4. The van der Waals surface area contributed by atoms with Gasteiger partial charge < -0.3 is 34.9 Å². The Labute approximate surface area is 270 Å². The Morgan fingerprint density at radius 3 is 2.20 bits per heavy atom. The van der Waals surface area contributed by atoms with Gasteiger partial charge in [-0.3, -0.25) is 14.5 Å². The second-order valence-corrected chi connectivity index (χ2v) is 11.4. The Hall–Kier alpha value is -4.77. The molecule has 3 aromatic carbocycles. The number of aryl methyl sites for hydroxylation is 1. The molecule has 0 aromatic heterocycles. The number of benzene rings is 3. The number of nitrogens with one attached hydrogen (secondary N) is 2. The van der Waals surface area contributed by atoms with Gasteiger partial charge in [0.2, 0.25) is 5.91 Å². The van der Waals surface area contributed by atoms with E-state index in [1.807, 2.05) is 49.4 Å². The lowest BCUT2D eigenvalue weighted by Crippen LogP contribution is -2.39. The Morgan fingerprint density at radius 2 is 1.57 bits per heavy atom. The zero-order chi connectivity index (χ0) is 33.2. The number of amides is 3. The van der Waals surface area contributed by atoms with Crippen molar-refractivity contribution in [2.24, 2.45) is 5.92 Å². The van der Waals surface area contributed by atoms with Gasteiger partial charge in [-0.25, -0.2) is 4.79 Å². The van der Waals surface area contributed by atoms with Crippen molar-refractivity contribution in [3.05, 3.63) is 71.8 Å². The van der Waals surface area contributed by atoms with E-state index < -0.39 is 12.0 Å². The lowest BCUT2D eigenvalue weighted by molar-refractivity contribution is -0.138. The predicted octanol–water partition coefficient (Wildman–Crippen LogP) is 6.34. The van der Waals surface area contributed by atoms with Crippen LogP contribution in [0.1, 0.15) is 49.8 Å². The van der Waals surface area contributed by atoms with Crippen LogP contribution < -0.4 is 29.7 Å². The first-order valence-corrected chi connectivity index (χ1v) is 15.4. The number of anilines is 3. The molecule has 1 saturated heterocycles. The number of carboxylic acid groups (broad SMARTS) is 1. The Morgan fingerprint density at radius 1 is 0.891 bits per heavy atom. The third-order valence-electron chi connectivity index (χ3n) is 8.53. The van der Waals surface area contributed by atoms with E-state index in [-0.39, 0.29) is 18.4 Å². The van der Waals surface area contributed by atoms with Gasteiger partial charge in [0.05, 0.1) is 33.4 Å². The molecule has 1 unspecified atom stereocenters. The van der Waals surface area contributed by atoms with E-state index in [0.29, 0.717) is 46.8 Å². The number of nitrogens with zero attached hydrogens (tertiary/aromatic N) is 2. The third kappa shape index (κ3) is 8.69. The standard InChI is InChI=1S/C35H44N4O7/c1-23-8-6-7-9-28(23)36-35(43)37-29-12-11-27(21-32(29)45-4)39(24(2)40)19-16-25-14-17-38(18-15-25)30(22-34(41)42)26-10-13-31(44-3)33(20-26)46-5/h6-13,20-21,25,30H,14-19,22H2,1-5H3,(H,41,42)(H2,36,37,43). The van der Waals surface area contributed by atoms with Crippen LogP contribution in [0.25, 0.3) is 0 Å². The minimum Gasteiger partial charge on any atom is -0.494 e. The van der Waals surface area contributed by atoms with Crippen molar-refractivity contribution in [1.82, 2.24) is 4.90 Å². The van der Waals surface area contributed by atoms with E-state index in [0.717, 1.165) is 43.5 Å². The molecule has 246 valence electrons. The largest absolute Gasteiger partial charge is 0.494 e. The fourth-order valence-electron chi connectivity index (χ4n) is 5.96. The highest BCUT2D eigenvalue weighted by Gasteiger charge is 2.29. The van der Waals surface area contributed by atoms with Crippen molar-refractivity contribution in [2.75, 3.05) is 56.5 Å². The Bertz CT molecular complexity index is 1520. The third-order valence-corrected chi connectivity index (χ3v) is 8.53. The number of likely N-dealkylation sites (tertiary alicyclic amines) is 1. The lowest BCUT2D eigenvalue weighted by Gasteiger charge is -2.38. The summed E-state index contributed by atoms with van der Waals surface area (Å²) in [5.41, 5.74) is 3.70. The first-order chi connectivity index (χ1) is 22.1.